The maximum absolute atomic E-state index is 11.5. The van der Waals surface area contributed by atoms with Crippen molar-refractivity contribution in [3.05, 3.63) is 71.4 Å². The molecule has 0 aliphatic heterocycles. The maximum Gasteiger partial charge on any atom is 0.336 e. The van der Waals surface area contributed by atoms with Crippen molar-refractivity contribution in [2.45, 2.75) is 0 Å². The minimum absolute atomic E-state index is 0.00810. The molecule has 1 heterocycles. The third kappa shape index (κ3) is 3.82. The maximum atomic E-state index is 11.5. The minimum Gasteiger partial charge on any atom is -0.479 e. The van der Waals surface area contributed by atoms with Crippen LogP contribution in [0, 0.1) is 11.3 Å². The van der Waals surface area contributed by atoms with Crippen LogP contribution >= 0.6 is 0 Å². The summed E-state index contributed by atoms with van der Waals surface area (Å²) >= 11 is 0. The zero-order valence-electron chi connectivity index (χ0n) is 13.2. The Kier molecular flexibility index (Phi) is 4.72. The van der Waals surface area contributed by atoms with E-state index >= 15 is 0 Å². The van der Waals surface area contributed by atoms with Crippen LogP contribution in [0.1, 0.15) is 21.6 Å². The highest BCUT2D eigenvalue weighted by atomic mass is 16.5. The van der Waals surface area contributed by atoms with E-state index in [-0.39, 0.29) is 12.2 Å². The normalized spacial score (nSPS) is 10.7. The minimum atomic E-state index is -0.979. The molecule has 0 amide bonds. The lowest BCUT2D eigenvalue weighted by molar-refractivity contribution is 0.0699. The van der Waals surface area contributed by atoms with Gasteiger partial charge >= 0.3 is 5.97 Å². The second kappa shape index (κ2) is 7.28. The number of nitriles is 1. The number of fused-ring (bicyclic) bond motifs is 1. The Hall–Kier alpha value is -3.65. The van der Waals surface area contributed by atoms with E-state index in [4.69, 9.17) is 10.00 Å². The Balaban J connectivity index is 1.88. The van der Waals surface area contributed by atoms with E-state index in [2.05, 4.69) is 4.98 Å². The topological polar surface area (TPSA) is 83.2 Å². The summed E-state index contributed by atoms with van der Waals surface area (Å²) in [5, 5.41) is 18.5. The quantitative estimate of drug-likeness (QED) is 0.764. The molecule has 0 fully saturated rings. The van der Waals surface area contributed by atoms with Gasteiger partial charge < -0.3 is 9.84 Å². The number of aromatic carboxylic acids is 1. The van der Waals surface area contributed by atoms with Crippen LogP contribution in [-0.4, -0.2) is 22.7 Å². The summed E-state index contributed by atoms with van der Waals surface area (Å²) in [5.41, 5.74) is 2.35. The fourth-order valence-electron chi connectivity index (χ4n) is 2.43. The second-order valence-electron chi connectivity index (χ2n) is 5.27. The Morgan fingerprint density at radius 1 is 1.16 bits per heavy atom. The molecule has 1 aromatic heterocycles. The SMILES string of the molecule is N#CCOc1ccc(/C=C/c2cc(C(=O)O)c3ccccc3n2)cc1. The summed E-state index contributed by atoms with van der Waals surface area (Å²) < 4.78 is 5.20. The van der Waals surface area contributed by atoms with Crippen molar-refractivity contribution in [1.82, 2.24) is 4.98 Å². The number of nitrogens with zero attached hydrogens (tertiary/aromatic N) is 2. The smallest absolute Gasteiger partial charge is 0.336 e. The van der Waals surface area contributed by atoms with Crippen molar-refractivity contribution >= 4 is 29.0 Å². The number of ether oxygens (including phenoxy) is 1. The fourth-order valence-corrected chi connectivity index (χ4v) is 2.43. The van der Waals surface area contributed by atoms with Gasteiger partial charge in [0.05, 0.1) is 16.8 Å². The van der Waals surface area contributed by atoms with Crippen LogP contribution in [-0.2, 0) is 0 Å². The highest BCUT2D eigenvalue weighted by Gasteiger charge is 2.10. The number of hydrogen-bond acceptors (Lipinski definition) is 4. The molecular weight excluding hydrogens is 316 g/mol. The first-order valence-electron chi connectivity index (χ1n) is 7.58. The van der Waals surface area contributed by atoms with Crippen molar-refractivity contribution in [3.63, 3.8) is 0 Å². The summed E-state index contributed by atoms with van der Waals surface area (Å²) in [6.45, 7) is 0.00810. The standard InChI is InChI=1S/C20H14N2O3/c21-11-12-25-16-9-6-14(7-10-16)5-8-15-13-18(20(23)24)17-3-1-2-4-19(17)22-15/h1-10,13H,12H2,(H,23,24)/b8-5+. The molecule has 5 nitrogen and oxygen atoms in total. The molecule has 0 atom stereocenters. The van der Waals surface area contributed by atoms with Gasteiger partial charge in [0.25, 0.3) is 0 Å². The molecular formula is C20H14N2O3. The van der Waals surface area contributed by atoms with Crippen LogP contribution in [0.15, 0.2) is 54.6 Å². The zero-order chi connectivity index (χ0) is 17.6. The second-order valence-corrected chi connectivity index (χ2v) is 5.27. The lowest BCUT2D eigenvalue weighted by atomic mass is 10.1. The average molecular weight is 330 g/mol. The van der Waals surface area contributed by atoms with Gasteiger partial charge in [0, 0.05) is 5.39 Å². The van der Waals surface area contributed by atoms with Gasteiger partial charge in [-0.05, 0) is 35.9 Å². The van der Waals surface area contributed by atoms with E-state index in [0.717, 1.165) is 5.56 Å². The molecule has 0 unspecified atom stereocenters. The van der Waals surface area contributed by atoms with Gasteiger partial charge in [-0.15, -0.1) is 0 Å². The van der Waals surface area contributed by atoms with Crippen molar-refractivity contribution in [3.8, 4) is 11.8 Å². The predicted octanol–water partition coefficient (Wildman–Crippen LogP) is 4.01. The summed E-state index contributed by atoms with van der Waals surface area (Å²) in [6, 6.07) is 17.9. The number of carbonyl (C=O) groups is 1. The summed E-state index contributed by atoms with van der Waals surface area (Å²) in [6.07, 6.45) is 3.61. The van der Waals surface area contributed by atoms with Gasteiger partial charge in [0.2, 0.25) is 0 Å². The molecule has 5 heteroatoms. The number of benzene rings is 2. The van der Waals surface area contributed by atoms with Gasteiger partial charge in [-0.1, -0.05) is 36.4 Å². The van der Waals surface area contributed by atoms with Crippen molar-refractivity contribution in [2.75, 3.05) is 6.61 Å². The van der Waals surface area contributed by atoms with Crippen molar-refractivity contribution in [1.29, 1.82) is 5.26 Å². The fraction of sp³-hybridized carbons (Fsp3) is 0.0500. The van der Waals surface area contributed by atoms with Crippen LogP contribution in [0.3, 0.4) is 0 Å². The van der Waals surface area contributed by atoms with Crippen LogP contribution < -0.4 is 4.74 Å². The first-order valence-corrected chi connectivity index (χ1v) is 7.58. The van der Waals surface area contributed by atoms with E-state index in [0.29, 0.717) is 22.3 Å². The monoisotopic (exact) mass is 330 g/mol. The van der Waals surface area contributed by atoms with Gasteiger partial charge in [0.15, 0.2) is 6.61 Å². The Morgan fingerprint density at radius 2 is 1.92 bits per heavy atom. The van der Waals surface area contributed by atoms with Gasteiger partial charge in [-0.25, -0.2) is 9.78 Å². The Labute approximate surface area is 144 Å². The molecule has 25 heavy (non-hydrogen) atoms. The van der Waals surface area contributed by atoms with Crippen LogP contribution in [0.5, 0.6) is 5.75 Å². The van der Waals surface area contributed by atoms with E-state index < -0.39 is 5.97 Å². The molecule has 0 bridgehead atoms. The molecule has 3 aromatic rings. The Morgan fingerprint density at radius 3 is 2.64 bits per heavy atom. The first-order chi connectivity index (χ1) is 12.2. The van der Waals surface area contributed by atoms with Crippen LogP contribution in [0.2, 0.25) is 0 Å². The first kappa shape index (κ1) is 16.2. The number of carboxylic acid groups (broad SMARTS) is 1. The number of carboxylic acids is 1. The van der Waals surface area contributed by atoms with Gasteiger partial charge in [-0.3, -0.25) is 0 Å². The molecule has 0 spiro atoms. The van der Waals surface area contributed by atoms with E-state index in [1.165, 1.54) is 0 Å². The highest BCUT2D eigenvalue weighted by Crippen LogP contribution is 2.20. The van der Waals surface area contributed by atoms with Gasteiger partial charge in [-0.2, -0.15) is 5.26 Å². The van der Waals surface area contributed by atoms with Crippen molar-refractivity contribution in [2.24, 2.45) is 0 Å². The lowest BCUT2D eigenvalue weighted by Crippen LogP contribution is -2.00. The molecule has 0 radical (unpaired) electrons. The lowest BCUT2D eigenvalue weighted by Gasteiger charge is -2.04. The molecule has 1 N–H and O–H groups in total. The molecule has 2 aromatic carbocycles. The number of aromatic nitrogens is 1. The predicted molar refractivity (Wildman–Crippen MR) is 95.2 cm³/mol. The largest absolute Gasteiger partial charge is 0.479 e. The van der Waals surface area contributed by atoms with Crippen LogP contribution in [0.25, 0.3) is 23.1 Å². The summed E-state index contributed by atoms with van der Waals surface area (Å²) in [5.74, 6) is -0.358. The van der Waals surface area contributed by atoms with E-state index in [1.807, 2.05) is 30.3 Å². The number of rotatable bonds is 5. The Bertz CT molecular complexity index is 986. The third-order valence-electron chi connectivity index (χ3n) is 3.60. The summed E-state index contributed by atoms with van der Waals surface area (Å²) in [7, 11) is 0. The number of pyridine rings is 1. The average Bonchev–Trinajstić information content (AvgIpc) is 2.64. The molecule has 0 saturated heterocycles. The number of hydrogen-bond donors (Lipinski definition) is 1. The number of para-hydroxylation sites is 1. The highest BCUT2D eigenvalue weighted by molar-refractivity contribution is 6.03. The zero-order valence-corrected chi connectivity index (χ0v) is 13.2. The van der Waals surface area contributed by atoms with E-state index in [1.54, 1.807) is 42.5 Å². The van der Waals surface area contributed by atoms with Gasteiger partial charge in [0.1, 0.15) is 11.8 Å². The van der Waals surface area contributed by atoms with Crippen molar-refractivity contribution < 1.29 is 14.6 Å². The molecule has 0 aliphatic rings. The van der Waals surface area contributed by atoms with Crippen LogP contribution in [0.4, 0.5) is 0 Å². The van der Waals surface area contributed by atoms with E-state index in [9.17, 15) is 9.90 Å². The molecule has 122 valence electrons. The molecule has 0 aliphatic carbocycles. The third-order valence-corrected chi connectivity index (χ3v) is 3.60. The molecule has 3 rings (SSSR count). The summed E-state index contributed by atoms with van der Waals surface area (Å²) in [4.78, 5) is 16.0. The molecule has 0 saturated carbocycles.